The van der Waals surface area contributed by atoms with Gasteiger partial charge in [0, 0.05) is 31.1 Å². The fourth-order valence-corrected chi connectivity index (χ4v) is 5.27. The smallest absolute Gasteiger partial charge is 0.237 e. The van der Waals surface area contributed by atoms with E-state index >= 15 is 0 Å². The molecule has 0 unspecified atom stereocenters. The largest absolute Gasteiger partial charge is 0.508 e. The van der Waals surface area contributed by atoms with Crippen molar-refractivity contribution in [3.05, 3.63) is 64.7 Å². The number of aromatic nitrogens is 3. The van der Waals surface area contributed by atoms with E-state index in [1.807, 2.05) is 24.3 Å². The predicted octanol–water partition coefficient (Wildman–Crippen LogP) is 2.85. The van der Waals surface area contributed by atoms with Crippen LogP contribution in [0.1, 0.15) is 11.4 Å². The Hall–Kier alpha value is -2.99. The highest BCUT2D eigenvalue weighted by molar-refractivity contribution is 8.00. The minimum atomic E-state index is 0.0299. The molecule has 0 spiro atoms. The lowest BCUT2D eigenvalue weighted by Gasteiger charge is -2.31. The standard InChI is InChI=1S/C24H27N7O2S2/c1-27-10-12-28(13-11-27)17-30-24(34)31(25-14-18-6-8-19(32)9-7-18)22(26-30)15-29-20-4-2-3-5-21(20)35-16-23(29)33/h2-9,14,32H,10-13,15-17H2,1H3/b25-14+. The van der Waals surface area contributed by atoms with Gasteiger partial charge in [0.25, 0.3) is 0 Å². The van der Waals surface area contributed by atoms with Crippen LogP contribution in [0, 0.1) is 4.77 Å². The average Bonchev–Trinajstić information content (AvgIpc) is 3.15. The highest BCUT2D eigenvalue weighted by atomic mass is 32.2. The highest BCUT2D eigenvalue weighted by Crippen LogP contribution is 2.35. The number of thioether (sulfide) groups is 1. The van der Waals surface area contributed by atoms with Crippen LogP contribution < -0.4 is 4.90 Å². The van der Waals surface area contributed by atoms with Crippen LogP contribution in [0.5, 0.6) is 5.75 Å². The monoisotopic (exact) mass is 509 g/mol. The van der Waals surface area contributed by atoms with Crippen LogP contribution >= 0.6 is 24.0 Å². The number of carbonyl (C=O) groups excluding carboxylic acids is 1. The normalized spacial score (nSPS) is 17.3. The lowest BCUT2D eigenvalue weighted by atomic mass is 10.2. The maximum atomic E-state index is 12.9. The van der Waals surface area contributed by atoms with Crippen molar-refractivity contribution in [3.8, 4) is 5.75 Å². The van der Waals surface area contributed by atoms with Crippen molar-refractivity contribution in [1.29, 1.82) is 0 Å². The lowest BCUT2D eigenvalue weighted by Crippen LogP contribution is -2.45. The molecule has 1 aromatic heterocycles. The third kappa shape index (κ3) is 5.32. The number of aromatic hydroxyl groups is 1. The van der Waals surface area contributed by atoms with E-state index in [-0.39, 0.29) is 18.2 Å². The fraction of sp³-hybridized carbons (Fsp3) is 0.333. The van der Waals surface area contributed by atoms with E-state index < -0.39 is 0 Å². The molecule has 0 bridgehead atoms. The zero-order valence-electron chi connectivity index (χ0n) is 19.4. The molecule has 5 rings (SSSR count). The zero-order chi connectivity index (χ0) is 24.4. The molecule has 0 atom stereocenters. The number of nitrogens with zero attached hydrogens (tertiary/aromatic N) is 7. The summed E-state index contributed by atoms with van der Waals surface area (Å²) in [4.78, 5) is 20.3. The Balaban J connectivity index is 1.48. The van der Waals surface area contributed by atoms with Crippen molar-refractivity contribution in [3.63, 3.8) is 0 Å². The van der Waals surface area contributed by atoms with Gasteiger partial charge in [-0.3, -0.25) is 9.69 Å². The molecule has 2 aliphatic rings. The van der Waals surface area contributed by atoms with E-state index in [0.717, 1.165) is 42.3 Å². The summed E-state index contributed by atoms with van der Waals surface area (Å²) in [6.45, 7) is 4.71. The molecule has 0 radical (unpaired) electrons. The summed E-state index contributed by atoms with van der Waals surface area (Å²) in [6.07, 6.45) is 1.68. The van der Waals surface area contributed by atoms with Gasteiger partial charge in [-0.05, 0) is 61.2 Å². The minimum absolute atomic E-state index is 0.0299. The third-order valence-corrected chi connectivity index (χ3v) is 7.57. The minimum Gasteiger partial charge on any atom is -0.508 e. The summed E-state index contributed by atoms with van der Waals surface area (Å²) in [6, 6.07) is 14.7. The predicted molar refractivity (Wildman–Crippen MR) is 140 cm³/mol. The number of likely N-dealkylation sites (N-methyl/N-ethyl adjacent to an activating group) is 1. The second kappa shape index (κ2) is 10.3. The number of phenolic OH excluding ortho intramolecular Hbond substituents is 1. The zero-order valence-corrected chi connectivity index (χ0v) is 21.1. The van der Waals surface area contributed by atoms with Gasteiger partial charge in [-0.1, -0.05) is 12.1 Å². The van der Waals surface area contributed by atoms with E-state index in [4.69, 9.17) is 17.3 Å². The van der Waals surface area contributed by atoms with Crippen molar-refractivity contribution in [1.82, 2.24) is 24.3 Å². The Kier molecular flexibility index (Phi) is 7.00. The first-order valence-electron chi connectivity index (χ1n) is 11.4. The SMILES string of the molecule is CN1CCN(Cn2nc(CN3C(=O)CSc4ccccc43)n(/N=C/c3ccc(O)cc3)c2=S)CC1. The van der Waals surface area contributed by atoms with Crippen LogP contribution in [-0.4, -0.2) is 80.5 Å². The van der Waals surface area contributed by atoms with E-state index in [2.05, 4.69) is 21.9 Å². The molecule has 35 heavy (non-hydrogen) atoms. The molecule has 1 fully saturated rings. The molecule has 182 valence electrons. The second-order valence-corrected chi connectivity index (χ2v) is 10.0. The van der Waals surface area contributed by atoms with Crippen LogP contribution in [0.3, 0.4) is 0 Å². The lowest BCUT2D eigenvalue weighted by molar-refractivity contribution is -0.116. The Labute approximate surface area is 213 Å². The van der Waals surface area contributed by atoms with Crippen LogP contribution in [0.15, 0.2) is 58.5 Å². The van der Waals surface area contributed by atoms with Gasteiger partial charge in [-0.2, -0.15) is 14.9 Å². The molecule has 11 heteroatoms. The molecule has 2 aromatic carbocycles. The van der Waals surface area contributed by atoms with Gasteiger partial charge in [-0.25, -0.2) is 4.68 Å². The number of amides is 1. The van der Waals surface area contributed by atoms with Crippen LogP contribution in [0.2, 0.25) is 0 Å². The molecule has 2 aliphatic heterocycles. The van der Waals surface area contributed by atoms with E-state index in [9.17, 15) is 9.90 Å². The van der Waals surface area contributed by atoms with E-state index in [0.29, 0.717) is 23.0 Å². The summed E-state index contributed by atoms with van der Waals surface area (Å²) < 4.78 is 3.90. The van der Waals surface area contributed by atoms with Crippen LogP contribution in [-0.2, 0) is 18.0 Å². The first-order chi connectivity index (χ1) is 17.0. The molecule has 9 nitrogen and oxygen atoms in total. The van der Waals surface area contributed by atoms with Crippen LogP contribution in [0.4, 0.5) is 5.69 Å². The van der Waals surface area contributed by atoms with Crippen molar-refractivity contribution in [2.24, 2.45) is 5.10 Å². The first kappa shape index (κ1) is 23.7. The van der Waals surface area contributed by atoms with Crippen molar-refractivity contribution in [2.45, 2.75) is 18.1 Å². The number of carbonyl (C=O) groups is 1. The van der Waals surface area contributed by atoms with Gasteiger partial charge in [0.1, 0.15) is 5.75 Å². The van der Waals surface area contributed by atoms with E-state index in [1.165, 1.54) is 0 Å². The topological polar surface area (TPSA) is 82.1 Å². The van der Waals surface area contributed by atoms with Gasteiger partial charge >= 0.3 is 0 Å². The van der Waals surface area contributed by atoms with Gasteiger partial charge in [0.05, 0.1) is 30.9 Å². The van der Waals surface area contributed by atoms with Crippen molar-refractivity contribution >= 4 is 41.8 Å². The maximum absolute atomic E-state index is 12.9. The summed E-state index contributed by atoms with van der Waals surface area (Å²) >= 11 is 7.33. The molecule has 3 aromatic rings. The molecule has 3 heterocycles. The van der Waals surface area contributed by atoms with Gasteiger partial charge in [0.2, 0.25) is 10.7 Å². The maximum Gasteiger partial charge on any atom is 0.237 e. The Bertz CT molecular complexity index is 1290. The summed E-state index contributed by atoms with van der Waals surface area (Å²) in [5.74, 6) is 1.20. The quantitative estimate of drug-likeness (QED) is 0.404. The molecule has 1 saturated heterocycles. The number of hydrogen-bond acceptors (Lipinski definition) is 8. The fourth-order valence-electron chi connectivity index (χ4n) is 4.08. The number of phenols is 1. The van der Waals surface area contributed by atoms with Crippen molar-refractivity contribution in [2.75, 3.05) is 43.9 Å². The Morgan fingerprint density at radius 2 is 1.86 bits per heavy atom. The Morgan fingerprint density at radius 3 is 2.63 bits per heavy atom. The number of benzene rings is 2. The number of anilines is 1. The highest BCUT2D eigenvalue weighted by Gasteiger charge is 2.27. The van der Waals surface area contributed by atoms with Crippen molar-refractivity contribution < 1.29 is 9.90 Å². The molecular weight excluding hydrogens is 482 g/mol. The molecule has 0 saturated carbocycles. The molecule has 1 amide bonds. The third-order valence-electron chi connectivity index (χ3n) is 6.14. The van der Waals surface area contributed by atoms with Gasteiger partial charge in [0.15, 0.2) is 5.82 Å². The molecule has 0 aliphatic carbocycles. The number of rotatable bonds is 6. The number of piperazine rings is 1. The van der Waals surface area contributed by atoms with Gasteiger partial charge in [-0.15, -0.1) is 11.8 Å². The van der Waals surface area contributed by atoms with Gasteiger partial charge < -0.3 is 14.9 Å². The molecule has 1 N–H and O–H groups in total. The summed E-state index contributed by atoms with van der Waals surface area (Å²) in [7, 11) is 2.12. The molecular formula is C24H27N7O2S2. The Morgan fingerprint density at radius 1 is 1.11 bits per heavy atom. The summed E-state index contributed by atoms with van der Waals surface area (Å²) in [5, 5.41) is 19.0. The summed E-state index contributed by atoms with van der Waals surface area (Å²) in [5.41, 5.74) is 1.70. The number of para-hydroxylation sites is 1. The second-order valence-electron chi connectivity index (χ2n) is 8.65. The van der Waals surface area contributed by atoms with E-state index in [1.54, 1.807) is 56.5 Å². The number of fused-ring (bicyclic) bond motifs is 1. The first-order valence-corrected chi connectivity index (χ1v) is 12.8. The van der Waals surface area contributed by atoms with Crippen LogP contribution in [0.25, 0.3) is 0 Å². The average molecular weight is 510 g/mol. The number of hydrogen-bond donors (Lipinski definition) is 1.